The molecule has 0 fully saturated rings. The lowest BCUT2D eigenvalue weighted by atomic mass is 10.1. The summed E-state index contributed by atoms with van der Waals surface area (Å²) in [6.45, 7) is 5.31. The highest BCUT2D eigenvalue weighted by Gasteiger charge is 2.02. The quantitative estimate of drug-likeness (QED) is 0.837. The molecular formula is C11H16BrNS. The van der Waals surface area contributed by atoms with E-state index in [9.17, 15) is 0 Å². The van der Waals surface area contributed by atoms with E-state index < -0.39 is 0 Å². The molecule has 0 aliphatic heterocycles. The highest BCUT2D eigenvalue weighted by Crippen LogP contribution is 2.24. The van der Waals surface area contributed by atoms with Gasteiger partial charge in [-0.05, 0) is 43.4 Å². The first-order valence-electron chi connectivity index (χ1n) is 4.64. The molecule has 1 rings (SSSR count). The van der Waals surface area contributed by atoms with Crippen LogP contribution in [-0.4, -0.2) is 18.6 Å². The summed E-state index contributed by atoms with van der Waals surface area (Å²) in [7, 11) is 0. The van der Waals surface area contributed by atoms with Gasteiger partial charge in [0.2, 0.25) is 0 Å². The van der Waals surface area contributed by atoms with Gasteiger partial charge in [-0.25, -0.2) is 0 Å². The zero-order chi connectivity index (χ0) is 10.6. The molecular weight excluding hydrogens is 258 g/mol. The molecule has 3 heteroatoms. The van der Waals surface area contributed by atoms with Gasteiger partial charge in [-0.2, -0.15) is 11.8 Å². The van der Waals surface area contributed by atoms with Crippen LogP contribution in [0.15, 0.2) is 16.6 Å². The summed E-state index contributed by atoms with van der Waals surface area (Å²) in [6.07, 6.45) is 2.13. The molecule has 1 aromatic carbocycles. The molecule has 0 heterocycles. The minimum Gasteiger partial charge on any atom is -0.384 e. The fourth-order valence-corrected chi connectivity index (χ4v) is 2.46. The van der Waals surface area contributed by atoms with Crippen molar-refractivity contribution in [2.45, 2.75) is 13.8 Å². The molecule has 0 spiro atoms. The molecule has 0 amide bonds. The third kappa shape index (κ3) is 3.21. The van der Waals surface area contributed by atoms with Crippen LogP contribution >= 0.6 is 27.7 Å². The summed E-state index contributed by atoms with van der Waals surface area (Å²) >= 11 is 5.36. The van der Waals surface area contributed by atoms with Gasteiger partial charge in [-0.1, -0.05) is 15.9 Å². The smallest absolute Gasteiger partial charge is 0.0400 e. The molecule has 0 saturated carbocycles. The molecule has 1 nitrogen and oxygen atoms in total. The van der Waals surface area contributed by atoms with Crippen molar-refractivity contribution in [3.63, 3.8) is 0 Å². The molecule has 0 bridgehead atoms. The second kappa shape index (κ2) is 5.66. The highest BCUT2D eigenvalue weighted by atomic mass is 79.9. The van der Waals surface area contributed by atoms with Crippen molar-refractivity contribution in [3.8, 4) is 0 Å². The third-order valence-corrected chi connectivity index (χ3v) is 3.18. The fourth-order valence-electron chi connectivity index (χ4n) is 1.47. The van der Waals surface area contributed by atoms with Crippen LogP contribution in [0.1, 0.15) is 11.1 Å². The van der Waals surface area contributed by atoms with Crippen LogP contribution in [0.2, 0.25) is 0 Å². The summed E-state index contributed by atoms with van der Waals surface area (Å²) < 4.78 is 1.16. The Hall–Kier alpha value is -0.150. The Kier molecular flexibility index (Phi) is 4.82. The van der Waals surface area contributed by atoms with E-state index in [1.54, 1.807) is 0 Å². The molecule has 0 saturated heterocycles. The van der Waals surface area contributed by atoms with Gasteiger partial charge in [-0.3, -0.25) is 0 Å². The minimum atomic E-state index is 1.03. The van der Waals surface area contributed by atoms with E-state index in [1.165, 1.54) is 16.8 Å². The first-order chi connectivity index (χ1) is 6.65. The first kappa shape index (κ1) is 11.9. The number of rotatable bonds is 4. The topological polar surface area (TPSA) is 12.0 Å². The Bertz CT molecular complexity index is 289. The van der Waals surface area contributed by atoms with Crippen molar-refractivity contribution in [2.24, 2.45) is 0 Å². The van der Waals surface area contributed by atoms with Crippen LogP contribution in [0.5, 0.6) is 0 Å². The summed E-state index contributed by atoms with van der Waals surface area (Å²) in [5.74, 6) is 1.15. The standard InChI is InChI=1S/C11H16BrNS/c1-8-6-10(12)7-9(2)11(8)13-4-5-14-3/h6-7,13H,4-5H2,1-3H3. The maximum absolute atomic E-state index is 3.50. The fraction of sp³-hybridized carbons (Fsp3) is 0.455. The number of benzene rings is 1. The van der Waals surface area contributed by atoms with Gasteiger partial charge in [0.05, 0.1) is 0 Å². The molecule has 0 radical (unpaired) electrons. The van der Waals surface area contributed by atoms with E-state index in [2.05, 4.69) is 53.5 Å². The number of hydrogen-bond donors (Lipinski definition) is 1. The van der Waals surface area contributed by atoms with E-state index in [1.807, 2.05) is 11.8 Å². The van der Waals surface area contributed by atoms with Crippen LogP contribution in [0, 0.1) is 13.8 Å². The average Bonchev–Trinajstić information content (AvgIpc) is 2.09. The highest BCUT2D eigenvalue weighted by molar-refractivity contribution is 9.10. The largest absolute Gasteiger partial charge is 0.384 e. The van der Waals surface area contributed by atoms with Gasteiger partial charge < -0.3 is 5.32 Å². The molecule has 0 atom stereocenters. The van der Waals surface area contributed by atoms with Crippen LogP contribution in [-0.2, 0) is 0 Å². The Morgan fingerprint density at radius 3 is 2.36 bits per heavy atom. The van der Waals surface area contributed by atoms with Crippen LogP contribution in [0.25, 0.3) is 0 Å². The molecule has 0 aliphatic rings. The maximum Gasteiger partial charge on any atom is 0.0400 e. The normalized spacial score (nSPS) is 10.3. The van der Waals surface area contributed by atoms with Crippen molar-refractivity contribution in [1.82, 2.24) is 0 Å². The van der Waals surface area contributed by atoms with Gasteiger partial charge in [0.1, 0.15) is 0 Å². The summed E-state index contributed by atoms with van der Waals surface area (Å²) in [5.41, 5.74) is 3.89. The first-order valence-corrected chi connectivity index (χ1v) is 6.83. The maximum atomic E-state index is 3.50. The Morgan fingerprint density at radius 1 is 1.29 bits per heavy atom. The molecule has 0 unspecified atom stereocenters. The van der Waals surface area contributed by atoms with E-state index in [0.29, 0.717) is 0 Å². The summed E-state index contributed by atoms with van der Waals surface area (Å²) in [6, 6.07) is 4.29. The van der Waals surface area contributed by atoms with Crippen LogP contribution in [0.3, 0.4) is 0 Å². The lowest BCUT2D eigenvalue weighted by molar-refractivity contribution is 1.19. The van der Waals surface area contributed by atoms with Crippen molar-refractivity contribution in [3.05, 3.63) is 27.7 Å². The lowest BCUT2D eigenvalue weighted by Crippen LogP contribution is -2.06. The third-order valence-electron chi connectivity index (χ3n) is 2.11. The Morgan fingerprint density at radius 2 is 1.86 bits per heavy atom. The molecule has 1 aromatic rings. The second-order valence-electron chi connectivity index (χ2n) is 3.33. The number of halogens is 1. The van der Waals surface area contributed by atoms with Crippen molar-refractivity contribution in [2.75, 3.05) is 23.9 Å². The number of hydrogen-bond acceptors (Lipinski definition) is 2. The van der Waals surface area contributed by atoms with Crippen LogP contribution in [0.4, 0.5) is 5.69 Å². The van der Waals surface area contributed by atoms with Crippen LogP contribution < -0.4 is 5.32 Å². The van der Waals surface area contributed by atoms with Gasteiger partial charge in [-0.15, -0.1) is 0 Å². The van der Waals surface area contributed by atoms with E-state index in [4.69, 9.17) is 0 Å². The molecule has 78 valence electrons. The van der Waals surface area contributed by atoms with Crippen molar-refractivity contribution >= 4 is 33.4 Å². The second-order valence-corrected chi connectivity index (χ2v) is 5.24. The van der Waals surface area contributed by atoms with Gasteiger partial charge in [0, 0.05) is 22.5 Å². The monoisotopic (exact) mass is 273 g/mol. The SMILES string of the molecule is CSCCNc1c(C)cc(Br)cc1C. The molecule has 1 N–H and O–H groups in total. The summed E-state index contributed by atoms with van der Waals surface area (Å²) in [4.78, 5) is 0. The molecule has 0 aliphatic carbocycles. The number of anilines is 1. The zero-order valence-corrected chi connectivity index (χ0v) is 11.3. The van der Waals surface area contributed by atoms with E-state index >= 15 is 0 Å². The molecule has 0 aromatic heterocycles. The van der Waals surface area contributed by atoms with Gasteiger partial charge >= 0.3 is 0 Å². The number of aryl methyl sites for hydroxylation is 2. The number of nitrogens with one attached hydrogen (secondary N) is 1. The average molecular weight is 274 g/mol. The van der Waals surface area contributed by atoms with E-state index in [0.717, 1.165) is 16.8 Å². The summed E-state index contributed by atoms with van der Waals surface area (Å²) in [5, 5.41) is 3.47. The van der Waals surface area contributed by atoms with Crippen molar-refractivity contribution in [1.29, 1.82) is 0 Å². The van der Waals surface area contributed by atoms with E-state index in [-0.39, 0.29) is 0 Å². The Labute approximate surface area is 98.8 Å². The van der Waals surface area contributed by atoms with Gasteiger partial charge in [0.25, 0.3) is 0 Å². The van der Waals surface area contributed by atoms with Crippen molar-refractivity contribution < 1.29 is 0 Å². The molecule has 14 heavy (non-hydrogen) atoms. The predicted molar refractivity (Wildman–Crippen MR) is 70.5 cm³/mol. The zero-order valence-electron chi connectivity index (χ0n) is 8.86. The predicted octanol–water partition coefficient (Wildman–Crippen LogP) is 3.84. The lowest BCUT2D eigenvalue weighted by Gasteiger charge is -2.12. The van der Waals surface area contributed by atoms with Gasteiger partial charge in [0.15, 0.2) is 0 Å². The number of thioether (sulfide) groups is 1. The Balaban J connectivity index is 2.75. The minimum absolute atomic E-state index is 1.03.